The predicted molar refractivity (Wildman–Crippen MR) is 142 cm³/mol. The molecule has 3 aliphatic rings. The number of piperidine rings is 1. The number of hydrazine groups is 1. The zero-order valence-electron chi connectivity index (χ0n) is 21.4. The van der Waals surface area contributed by atoms with Crippen molar-refractivity contribution in [2.24, 2.45) is 18.9 Å². The summed E-state index contributed by atoms with van der Waals surface area (Å²) in [7, 11) is 2.16. The van der Waals surface area contributed by atoms with Crippen molar-refractivity contribution in [2.75, 3.05) is 13.1 Å². The Morgan fingerprint density at radius 2 is 2.03 bits per heavy atom. The number of hydrogen-bond acceptors (Lipinski definition) is 5. The van der Waals surface area contributed by atoms with E-state index in [4.69, 9.17) is 0 Å². The second kappa shape index (κ2) is 9.96. The van der Waals surface area contributed by atoms with E-state index < -0.39 is 0 Å². The smallest absolute Gasteiger partial charge is 0.223 e. The number of nitrogens with one attached hydrogen (secondary N) is 3. The summed E-state index contributed by atoms with van der Waals surface area (Å²) in [6, 6.07) is 16.0. The maximum absolute atomic E-state index is 13.4. The van der Waals surface area contributed by atoms with Gasteiger partial charge in [-0.1, -0.05) is 18.2 Å². The van der Waals surface area contributed by atoms with Gasteiger partial charge in [-0.25, -0.2) is 5.43 Å². The number of carbonyl (C=O) groups excluding carboxylic acids is 1. The summed E-state index contributed by atoms with van der Waals surface area (Å²) in [6.45, 7) is 4.97. The number of likely N-dealkylation sites (tertiary alicyclic amines) is 1. The number of aromatic nitrogens is 2. The molecule has 1 amide bonds. The maximum atomic E-state index is 13.4. The third-order valence-electron chi connectivity index (χ3n) is 8.69. The second-order valence-corrected chi connectivity index (χ2v) is 11.1. The van der Waals surface area contributed by atoms with Gasteiger partial charge in [-0.3, -0.25) is 20.1 Å². The average Bonchev–Trinajstić information content (AvgIpc) is 3.45. The molecule has 0 bridgehead atoms. The monoisotopic (exact) mass is 486 g/mol. The first-order valence-electron chi connectivity index (χ1n) is 13.5. The Balaban J connectivity index is 1.07. The molecule has 0 radical (unpaired) electrons. The molecule has 6 rings (SSSR count). The number of rotatable bonds is 5. The van der Waals surface area contributed by atoms with E-state index in [9.17, 15) is 4.79 Å². The molecule has 1 aromatic carbocycles. The summed E-state index contributed by atoms with van der Waals surface area (Å²) in [4.78, 5) is 20.3. The minimum absolute atomic E-state index is 0.0898. The number of amides is 1. The minimum Gasteiger partial charge on any atom is -0.352 e. The van der Waals surface area contributed by atoms with Crippen molar-refractivity contribution < 1.29 is 4.79 Å². The SMILES string of the molecule is Cc1cc(C2NNC3CCC(C(=O)N[C@@H]4CCCN(Cc5cc6ccccc6n5C)C4)CC32)ccn1. The van der Waals surface area contributed by atoms with E-state index in [1.54, 1.807) is 0 Å². The molecule has 3 aromatic rings. The van der Waals surface area contributed by atoms with Crippen molar-refractivity contribution in [3.63, 3.8) is 0 Å². The molecule has 5 atom stereocenters. The van der Waals surface area contributed by atoms with Crippen LogP contribution >= 0.6 is 0 Å². The van der Waals surface area contributed by atoms with Gasteiger partial charge < -0.3 is 9.88 Å². The molecule has 2 saturated heterocycles. The first-order chi connectivity index (χ1) is 17.5. The topological polar surface area (TPSA) is 74.2 Å². The van der Waals surface area contributed by atoms with E-state index in [2.05, 4.69) is 80.1 Å². The summed E-state index contributed by atoms with van der Waals surface area (Å²) in [5.74, 6) is 0.763. The summed E-state index contributed by atoms with van der Waals surface area (Å²) >= 11 is 0. The number of carbonyl (C=O) groups is 1. The Labute approximate surface area is 213 Å². The zero-order chi connectivity index (χ0) is 24.6. The lowest BCUT2D eigenvalue weighted by Gasteiger charge is -2.36. The fraction of sp³-hybridized carbons (Fsp3) is 0.517. The van der Waals surface area contributed by atoms with Crippen molar-refractivity contribution in [2.45, 2.75) is 63.7 Å². The van der Waals surface area contributed by atoms with Crippen molar-refractivity contribution in [1.82, 2.24) is 30.6 Å². The molecule has 4 unspecified atom stereocenters. The first kappa shape index (κ1) is 23.6. The van der Waals surface area contributed by atoms with Crippen LogP contribution in [0.1, 0.15) is 55.1 Å². The summed E-state index contributed by atoms with van der Waals surface area (Å²) in [5.41, 5.74) is 11.9. The fourth-order valence-electron chi connectivity index (χ4n) is 6.75. The van der Waals surface area contributed by atoms with Gasteiger partial charge in [0.25, 0.3) is 0 Å². The van der Waals surface area contributed by atoms with Gasteiger partial charge in [0.1, 0.15) is 0 Å². The Bertz CT molecular complexity index is 1240. The third-order valence-corrected chi connectivity index (χ3v) is 8.69. The molecule has 3 N–H and O–H groups in total. The van der Waals surface area contributed by atoms with Gasteiger partial charge in [0.15, 0.2) is 0 Å². The van der Waals surface area contributed by atoms with Gasteiger partial charge >= 0.3 is 0 Å². The van der Waals surface area contributed by atoms with Gasteiger partial charge in [-0.2, -0.15) is 0 Å². The van der Waals surface area contributed by atoms with Crippen molar-refractivity contribution >= 4 is 16.8 Å². The van der Waals surface area contributed by atoms with E-state index in [-0.39, 0.29) is 23.9 Å². The Hall–Kier alpha value is -2.74. The Morgan fingerprint density at radius 1 is 1.14 bits per heavy atom. The number of para-hydroxylation sites is 1. The average molecular weight is 487 g/mol. The lowest BCUT2D eigenvalue weighted by Crippen LogP contribution is -2.50. The number of fused-ring (bicyclic) bond motifs is 2. The largest absolute Gasteiger partial charge is 0.352 e. The molecule has 7 heteroatoms. The molecule has 2 aromatic heterocycles. The van der Waals surface area contributed by atoms with Crippen molar-refractivity contribution in [3.8, 4) is 0 Å². The van der Waals surface area contributed by atoms with Crippen LogP contribution in [-0.2, 0) is 18.4 Å². The molecule has 4 heterocycles. The fourth-order valence-corrected chi connectivity index (χ4v) is 6.75. The van der Waals surface area contributed by atoms with Gasteiger partial charge in [-0.15, -0.1) is 0 Å². The van der Waals surface area contributed by atoms with Crippen LogP contribution in [-0.4, -0.2) is 45.5 Å². The van der Waals surface area contributed by atoms with Crippen LogP contribution in [0.15, 0.2) is 48.7 Å². The quantitative estimate of drug-likeness (QED) is 0.514. The first-order valence-corrected chi connectivity index (χ1v) is 13.5. The molecule has 3 fully saturated rings. The Morgan fingerprint density at radius 3 is 2.89 bits per heavy atom. The number of aryl methyl sites for hydroxylation is 2. The highest BCUT2D eigenvalue weighted by Crippen LogP contribution is 2.40. The molecule has 190 valence electrons. The molecular weight excluding hydrogens is 448 g/mol. The van der Waals surface area contributed by atoms with Gasteiger partial charge in [0.2, 0.25) is 5.91 Å². The van der Waals surface area contributed by atoms with Crippen LogP contribution in [0.2, 0.25) is 0 Å². The highest BCUT2D eigenvalue weighted by molar-refractivity contribution is 5.81. The highest BCUT2D eigenvalue weighted by Gasteiger charge is 2.43. The normalized spacial score (nSPS) is 28.8. The molecule has 0 spiro atoms. The van der Waals surface area contributed by atoms with Crippen LogP contribution < -0.4 is 16.2 Å². The Kier molecular flexibility index (Phi) is 6.54. The standard InChI is InChI=1S/C29H38N6O/c1-19-14-21(11-12-30-19)28-25-16-22(9-10-26(25)32-33-28)29(36)31-23-7-5-13-35(17-23)18-24-15-20-6-3-4-8-27(20)34(24)2/h3-4,6,8,11-12,14-15,22-23,25-26,28,32-33H,5,7,9-10,13,16-18H2,1-2H3,(H,31,36)/t22?,23-,25?,26?,28?/m1/s1. The molecule has 2 aliphatic heterocycles. The van der Waals surface area contributed by atoms with E-state index >= 15 is 0 Å². The lowest BCUT2D eigenvalue weighted by atomic mass is 9.74. The van der Waals surface area contributed by atoms with Crippen LogP contribution in [0.4, 0.5) is 0 Å². The summed E-state index contributed by atoms with van der Waals surface area (Å²) in [5, 5.41) is 4.75. The number of hydrogen-bond donors (Lipinski definition) is 3. The van der Waals surface area contributed by atoms with Crippen molar-refractivity contribution in [3.05, 3.63) is 65.6 Å². The highest BCUT2D eigenvalue weighted by atomic mass is 16.2. The van der Waals surface area contributed by atoms with E-state index in [0.29, 0.717) is 12.0 Å². The van der Waals surface area contributed by atoms with Crippen LogP contribution in [0.5, 0.6) is 0 Å². The summed E-state index contributed by atoms with van der Waals surface area (Å²) < 4.78 is 2.31. The van der Waals surface area contributed by atoms with Crippen LogP contribution in [0.25, 0.3) is 10.9 Å². The molecule has 36 heavy (non-hydrogen) atoms. The minimum atomic E-state index is 0.0898. The number of nitrogens with zero attached hydrogens (tertiary/aromatic N) is 3. The van der Waals surface area contributed by atoms with Gasteiger partial charge in [-0.05, 0) is 86.7 Å². The number of pyridine rings is 1. The molecule has 1 aliphatic carbocycles. The third kappa shape index (κ3) is 4.67. The van der Waals surface area contributed by atoms with Crippen LogP contribution in [0.3, 0.4) is 0 Å². The lowest BCUT2D eigenvalue weighted by molar-refractivity contribution is -0.127. The molecule has 7 nitrogen and oxygen atoms in total. The van der Waals surface area contributed by atoms with Crippen molar-refractivity contribution in [1.29, 1.82) is 0 Å². The summed E-state index contributed by atoms with van der Waals surface area (Å²) in [6.07, 6.45) is 7.00. The van der Waals surface area contributed by atoms with Crippen LogP contribution in [0, 0.1) is 18.8 Å². The van der Waals surface area contributed by atoms with Gasteiger partial charge in [0, 0.05) is 61.2 Å². The van der Waals surface area contributed by atoms with Gasteiger partial charge in [0.05, 0.1) is 6.04 Å². The predicted octanol–water partition coefficient (Wildman–Crippen LogP) is 3.60. The maximum Gasteiger partial charge on any atom is 0.223 e. The van der Waals surface area contributed by atoms with E-state index in [1.807, 2.05) is 13.1 Å². The van der Waals surface area contributed by atoms with E-state index in [0.717, 1.165) is 57.4 Å². The molecule has 1 saturated carbocycles. The number of benzene rings is 1. The molecular formula is C29H38N6O. The zero-order valence-corrected chi connectivity index (χ0v) is 21.4. The second-order valence-electron chi connectivity index (χ2n) is 11.1. The van der Waals surface area contributed by atoms with E-state index in [1.165, 1.54) is 22.2 Å².